The van der Waals surface area contributed by atoms with Gasteiger partial charge in [0.05, 0.1) is 17.0 Å². The van der Waals surface area contributed by atoms with Crippen LogP contribution in [-0.4, -0.2) is 22.7 Å². The molecule has 0 aromatic heterocycles. The molecule has 26 heavy (non-hydrogen) atoms. The molecule has 0 saturated carbocycles. The highest BCUT2D eigenvalue weighted by Gasteiger charge is 2.13. The monoisotopic (exact) mass is 385 g/mol. The van der Waals surface area contributed by atoms with Gasteiger partial charge in [-0.15, -0.1) is 11.8 Å². The molecule has 6 heteroatoms. The number of anilines is 1. The number of fused-ring (bicyclic) bond motifs is 1. The Hall–Kier alpha value is -2.50. The minimum atomic E-state index is -1.13. The van der Waals surface area contributed by atoms with Crippen molar-refractivity contribution in [2.24, 2.45) is 0 Å². The van der Waals surface area contributed by atoms with Gasteiger partial charge in [-0.2, -0.15) is 0 Å². The zero-order valence-electron chi connectivity index (χ0n) is 13.7. The molecular weight excluding hydrogens is 370 g/mol. The second-order valence-electron chi connectivity index (χ2n) is 5.67. The summed E-state index contributed by atoms with van der Waals surface area (Å²) in [5.41, 5.74) is 1.39. The number of hydrogen-bond donors (Lipinski definition) is 2. The SMILES string of the molecule is O=C(CSCc1cccc2ccccc12)Nc1ccc(Cl)cc1C(=O)O. The molecule has 1 amide bonds. The Balaban J connectivity index is 1.62. The summed E-state index contributed by atoms with van der Waals surface area (Å²) in [6.45, 7) is 0. The molecule has 0 radical (unpaired) electrons. The van der Waals surface area contributed by atoms with Gasteiger partial charge in [0.2, 0.25) is 5.91 Å². The number of halogens is 1. The molecule has 0 aliphatic heterocycles. The number of benzene rings is 3. The van der Waals surface area contributed by atoms with E-state index in [1.54, 1.807) is 6.07 Å². The van der Waals surface area contributed by atoms with E-state index >= 15 is 0 Å². The molecule has 0 aliphatic rings. The third-order valence-electron chi connectivity index (χ3n) is 3.86. The molecule has 0 atom stereocenters. The van der Waals surface area contributed by atoms with Crippen LogP contribution < -0.4 is 5.32 Å². The van der Waals surface area contributed by atoms with Gasteiger partial charge in [0.15, 0.2) is 0 Å². The van der Waals surface area contributed by atoms with E-state index in [0.717, 1.165) is 0 Å². The van der Waals surface area contributed by atoms with Gasteiger partial charge in [-0.05, 0) is 34.5 Å². The zero-order chi connectivity index (χ0) is 18.5. The number of carboxylic acid groups (broad SMARTS) is 1. The Morgan fingerprint density at radius 3 is 2.62 bits per heavy atom. The molecule has 0 heterocycles. The fraction of sp³-hybridized carbons (Fsp3) is 0.100. The van der Waals surface area contributed by atoms with Crippen LogP contribution >= 0.6 is 23.4 Å². The fourth-order valence-electron chi connectivity index (χ4n) is 2.66. The lowest BCUT2D eigenvalue weighted by atomic mass is 10.1. The summed E-state index contributed by atoms with van der Waals surface area (Å²) in [5.74, 6) is -0.460. The standard InChI is InChI=1S/C20H16ClNO3S/c21-15-8-9-18(17(10-15)20(24)25)22-19(23)12-26-11-14-6-3-5-13-4-1-2-7-16(13)14/h1-10H,11-12H2,(H,22,23)(H,24,25). The number of thioether (sulfide) groups is 1. The highest BCUT2D eigenvalue weighted by molar-refractivity contribution is 7.99. The number of rotatable bonds is 6. The fourth-order valence-corrected chi connectivity index (χ4v) is 3.66. The first-order valence-corrected chi connectivity index (χ1v) is 9.45. The first-order chi connectivity index (χ1) is 12.5. The van der Waals surface area contributed by atoms with Crippen molar-refractivity contribution in [1.82, 2.24) is 0 Å². The van der Waals surface area contributed by atoms with Gasteiger partial charge in [0, 0.05) is 10.8 Å². The predicted molar refractivity (Wildman–Crippen MR) is 107 cm³/mol. The smallest absolute Gasteiger partial charge is 0.337 e. The van der Waals surface area contributed by atoms with Crippen LogP contribution in [0.15, 0.2) is 60.7 Å². The molecule has 3 aromatic carbocycles. The highest BCUT2D eigenvalue weighted by Crippen LogP contribution is 2.24. The molecule has 0 aliphatic carbocycles. The van der Waals surface area contributed by atoms with E-state index in [1.807, 2.05) is 18.2 Å². The molecule has 0 fully saturated rings. The number of hydrogen-bond acceptors (Lipinski definition) is 3. The topological polar surface area (TPSA) is 66.4 Å². The van der Waals surface area contributed by atoms with Crippen molar-refractivity contribution < 1.29 is 14.7 Å². The van der Waals surface area contributed by atoms with Crippen molar-refractivity contribution in [2.75, 3.05) is 11.1 Å². The largest absolute Gasteiger partial charge is 0.478 e. The first-order valence-electron chi connectivity index (χ1n) is 7.91. The Bertz CT molecular complexity index is 969. The van der Waals surface area contributed by atoms with Gasteiger partial charge in [0.1, 0.15) is 0 Å². The van der Waals surface area contributed by atoms with Gasteiger partial charge in [-0.1, -0.05) is 54.1 Å². The lowest BCUT2D eigenvalue weighted by Crippen LogP contribution is -2.16. The number of carbonyl (C=O) groups excluding carboxylic acids is 1. The molecule has 3 aromatic rings. The highest BCUT2D eigenvalue weighted by atomic mass is 35.5. The van der Waals surface area contributed by atoms with Gasteiger partial charge >= 0.3 is 5.97 Å². The number of carbonyl (C=O) groups is 2. The predicted octanol–water partition coefficient (Wildman–Crippen LogP) is 5.06. The second kappa shape index (κ2) is 8.25. The van der Waals surface area contributed by atoms with E-state index in [9.17, 15) is 14.7 Å². The van der Waals surface area contributed by atoms with E-state index in [4.69, 9.17) is 11.6 Å². The molecule has 2 N–H and O–H groups in total. The summed E-state index contributed by atoms with van der Waals surface area (Å²) in [5, 5.41) is 14.5. The summed E-state index contributed by atoms with van der Waals surface area (Å²) in [6.07, 6.45) is 0. The zero-order valence-corrected chi connectivity index (χ0v) is 15.3. The summed E-state index contributed by atoms with van der Waals surface area (Å²) < 4.78 is 0. The maximum atomic E-state index is 12.2. The first kappa shape index (κ1) is 18.3. The van der Waals surface area contributed by atoms with Crippen molar-refractivity contribution in [2.45, 2.75) is 5.75 Å². The van der Waals surface area contributed by atoms with Gasteiger partial charge in [-0.25, -0.2) is 4.79 Å². The Morgan fingerprint density at radius 2 is 1.81 bits per heavy atom. The van der Waals surface area contributed by atoms with Crippen molar-refractivity contribution in [3.05, 3.63) is 76.8 Å². The molecule has 132 valence electrons. The minimum Gasteiger partial charge on any atom is -0.478 e. The Morgan fingerprint density at radius 1 is 1.04 bits per heavy atom. The van der Waals surface area contributed by atoms with Crippen molar-refractivity contribution in [3.63, 3.8) is 0 Å². The third kappa shape index (κ3) is 4.36. The number of amides is 1. The normalized spacial score (nSPS) is 10.7. The van der Waals surface area contributed by atoms with Gasteiger partial charge in [0.25, 0.3) is 0 Å². The molecule has 3 rings (SSSR count). The lowest BCUT2D eigenvalue weighted by Gasteiger charge is -2.09. The van der Waals surface area contributed by atoms with Crippen LogP contribution in [0.25, 0.3) is 10.8 Å². The van der Waals surface area contributed by atoms with Crippen molar-refractivity contribution >= 4 is 51.7 Å². The maximum absolute atomic E-state index is 12.2. The van der Waals surface area contributed by atoms with E-state index in [1.165, 1.54) is 40.2 Å². The summed E-state index contributed by atoms with van der Waals surface area (Å²) in [7, 11) is 0. The lowest BCUT2D eigenvalue weighted by molar-refractivity contribution is -0.113. The van der Waals surface area contributed by atoms with E-state index in [0.29, 0.717) is 10.8 Å². The Labute approximate surface area is 160 Å². The molecule has 0 spiro atoms. The summed E-state index contributed by atoms with van der Waals surface area (Å²) >= 11 is 7.30. The number of carboxylic acids is 1. The average Bonchev–Trinajstić information content (AvgIpc) is 2.63. The second-order valence-corrected chi connectivity index (χ2v) is 7.10. The molecule has 0 saturated heterocycles. The van der Waals surface area contributed by atoms with Gasteiger partial charge < -0.3 is 10.4 Å². The summed E-state index contributed by atoms with van der Waals surface area (Å²) in [6, 6.07) is 18.6. The van der Waals surface area contributed by atoms with Crippen LogP contribution in [0.5, 0.6) is 0 Å². The molecule has 0 bridgehead atoms. The summed E-state index contributed by atoms with van der Waals surface area (Å²) in [4.78, 5) is 23.4. The van der Waals surface area contributed by atoms with E-state index in [2.05, 4.69) is 29.6 Å². The molecular formula is C20H16ClNO3S. The quantitative estimate of drug-likeness (QED) is 0.622. The molecule has 4 nitrogen and oxygen atoms in total. The van der Waals surface area contributed by atoms with E-state index in [-0.39, 0.29) is 22.9 Å². The maximum Gasteiger partial charge on any atom is 0.337 e. The van der Waals surface area contributed by atoms with Crippen LogP contribution in [0.3, 0.4) is 0 Å². The van der Waals surface area contributed by atoms with Crippen LogP contribution in [0.4, 0.5) is 5.69 Å². The minimum absolute atomic E-state index is 0.0232. The molecule has 0 unspecified atom stereocenters. The van der Waals surface area contributed by atoms with Crippen molar-refractivity contribution in [3.8, 4) is 0 Å². The third-order valence-corrected chi connectivity index (χ3v) is 5.07. The number of nitrogens with one attached hydrogen (secondary N) is 1. The van der Waals surface area contributed by atoms with Crippen LogP contribution in [0.1, 0.15) is 15.9 Å². The average molecular weight is 386 g/mol. The van der Waals surface area contributed by atoms with Crippen LogP contribution in [0, 0.1) is 0 Å². The van der Waals surface area contributed by atoms with Gasteiger partial charge in [-0.3, -0.25) is 4.79 Å². The van der Waals surface area contributed by atoms with Crippen LogP contribution in [0.2, 0.25) is 5.02 Å². The van der Waals surface area contributed by atoms with Crippen LogP contribution in [-0.2, 0) is 10.5 Å². The Kier molecular flexibility index (Phi) is 5.81. The van der Waals surface area contributed by atoms with Crippen molar-refractivity contribution in [1.29, 1.82) is 0 Å². The van der Waals surface area contributed by atoms with E-state index < -0.39 is 5.97 Å². The number of aromatic carboxylic acids is 1.